The minimum Gasteiger partial charge on any atom is -0.456 e. The van der Waals surface area contributed by atoms with Crippen LogP contribution in [0.15, 0.2) is 46.9 Å². The first-order valence-electron chi connectivity index (χ1n) is 6.51. The monoisotopic (exact) mass is 289 g/mol. The van der Waals surface area contributed by atoms with Crippen molar-refractivity contribution >= 4 is 37.6 Å². The lowest BCUT2D eigenvalue weighted by atomic mass is 10.1. The second-order valence-corrected chi connectivity index (χ2v) is 6.57. The van der Waals surface area contributed by atoms with E-state index in [2.05, 4.69) is 4.72 Å². The molecule has 0 spiro atoms. The van der Waals surface area contributed by atoms with E-state index in [0.717, 1.165) is 21.9 Å². The molecule has 0 atom stereocenters. The molecule has 0 aliphatic rings. The second kappa shape index (κ2) is 4.83. The molecule has 2 aromatic carbocycles. The summed E-state index contributed by atoms with van der Waals surface area (Å²) in [6, 6.07) is 13.0. The number of para-hydroxylation sites is 1. The van der Waals surface area contributed by atoms with Gasteiger partial charge in [-0.1, -0.05) is 25.1 Å². The maximum absolute atomic E-state index is 11.8. The average Bonchev–Trinajstić information content (AvgIpc) is 2.76. The molecule has 5 heteroatoms. The van der Waals surface area contributed by atoms with Crippen molar-refractivity contribution in [2.24, 2.45) is 0 Å². The Morgan fingerprint density at radius 3 is 2.60 bits per heavy atom. The van der Waals surface area contributed by atoms with Crippen LogP contribution in [0, 0.1) is 0 Å². The molecule has 1 heterocycles. The zero-order chi connectivity index (χ0) is 14.2. The second-order valence-electron chi connectivity index (χ2n) is 4.73. The largest absolute Gasteiger partial charge is 0.456 e. The van der Waals surface area contributed by atoms with E-state index in [1.165, 1.54) is 0 Å². The van der Waals surface area contributed by atoms with Gasteiger partial charge in [0.25, 0.3) is 0 Å². The third-order valence-electron chi connectivity index (χ3n) is 3.12. The summed E-state index contributed by atoms with van der Waals surface area (Å²) >= 11 is 0. The topological polar surface area (TPSA) is 59.3 Å². The van der Waals surface area contributed by atoms with E-state index in [1.54, 1.807) is 12.1 Å². The highest BCUT2D eigenvalue weighted by Gasteiger charge is 2.11. The summed E-state index contributed by atoms with van der Waals surface area (Å²) < 4.78 is 31.9. The lowest BCUT2D eigenvalue weighted by molar-refractivity contribution is 0.600. The van der Waals surface area contributed by atoms with E-state index in [9.17, 15) is 8.42 Å². The lowest BCUT2D eigenvalue weighted by Gasteiger charge is -2.06. The molecule has 0 unspecified atom stereocenters. The fourth-order valence-electron chi connectivity index (χ4n) is 2.29. The van der Waals surface area contributed by atoms with E-state index in [0.29, 0.717) is 12.1 Å². The smallest absolute Gasteiger partial charge is 0.232 e. The van der Waals surface area contributed by atoms with Crippen molar-refractivity contribution in [3.8, 4) is 0 Å². The van der Waals surface area contributed by atoms with Crippen LogP contribution in [0.2, 0.25) is 0 Å². The van der Waals surface area contributed by atoms with Gasteiger partial charge in [-0.25, -0.2) is 8.42 Å². The summed E-state index contributed by atoms with van der Waals surface area (Å²) in [7, 11) is -3.27. The molecule has 3 aromatic rings. The van der Waals surface area contributed by atoms with Crippen molar-refractivity contribution < 1.29 is 12.8 Å². The van der Waals surface area contributed by atoms with E-state index in [1.807, 2.05) is 37.3 Å². The van der Waals surface area contributed by atoms with Crippen molar-refractivity contribution in [3.63, 3.8) is 0 Å². The Morgan fingerprint density at radius 1 is 1.05 bits per heavy atom. The molecule has 0 saturated heterocycles. The number of benzene rings is 2. The first kappa shape index (κ1) is 13.0. The number of fused-ring (bicyclic) bond motifs is 3. The normalized spacial score (nSPS) is 12.1. The van der Waals surface area contributed by atoms with Gasteiger partial charge >= 0.3 is 0 Å². The molecule has 0 aliphatic heterocycles. The van der Waals surface area contributed by atoms with Crippen molar-refractivity contribution in [2.75, 3.05) is 10.5 Å². The summed E-state index contributed by atoms with van der Waals surface area (Å²) in [6.45, 7) is 1.84. The van der Waals surface area contributed by atoms with Gasteiger partial charge in [-0.3, -0.25) is 4.72 Å². The Labute approximate surface area is 117 Å². The van der Waals surface area contributed by atoms with Crippen molar-refractivity contribution in [1.82, 2.24) is 0 Å². The summed E-state index contributed by atoms with van der Waals surface area (Å²) in [5.41, 5.74) is 2.12. The van der Waals surface area contributed by atoms with E-state index >= 15 is 0 Å². The first-order valence-corrected chi connectivity index (χ1v) is 8.16. The Morgan fingerprint density at radius 2 is 1.80 bits per heavy atom. The van der Waals surface area contributed by atoms with Crippen LogP contribution >= 0.6 is 0 Å². The Kier molecular flexibility index (Phi) is 3.14. The first-order chi connectivity index (χ1) is 9.59. The minimum absolute atomic E-state index is 0.122. The fourth-order valence-corrected chi connectivity index (χ4v) is 3.41. The van der Waals surface area contributed by atoms with Crippen LogP contribution in [0.25, 0.3) is 21.9 Å². The van der Waals surface area contributed by atoms with Gasteiger partial charge in [0.15, 0.2) is 0 Å². The Hall–Kier alpha value is -2.01. The van der Waals surface area contributed by atoms with E-state index in [4.69, 9.17) is 4.42 Å². The predicted octanol–water partition coefficient (Wildman–Crippen LogP) is 3.74. The van der Waals surface area contributed by atoms with Gasteiger partial charge in [0.1, 0.15) is 11.2 Å². The third kappa shape index (κ3) is 2.36. The maximum Gasteiger partial charge on any atom is 0.232 e. The summed E-state index contributed by atoms with van der Waals surface area (Å²) in [6.07, 6.45) is 0.590. The van der Waals surface area contributed by atoms with Crippen LogP contribution in [0.3, 0.4) is 0 Å². The van der Waals surface area contributed by atoms with Gasteiger partial charge in [-0.05, 0) is 30.7 Å². The van der Waals surface area contributed by atoms with Crippen LogP contribution in [-0.4, -0.2) is 14.2 Å². The van der Waals surface area contributed by atoms with Crippen molar-refractivity contribution in [1.29, 1.82) is 0 Å². The molecular formula is C15H15NO3S. The molecule has 0 aliphatic carbocycles. The molecule has 0 amide bonds. The molecule has 0 bridgehead atoms. The number of sulfonamides is 1. The highest BCUT2D eigenvalue weighted by molar-refractivity contribution is 7.92. The van der Waals surface area contributed by atoms with Crippen molar-refractivity contribution in [3.05, 3.63) is 42.5 Å². The van der Waals surface area contributed by atoms with Crippen LogP contribution in [0.5, 0.6) is 0 Å². The number of hydrogen-bond donors (Lipinski definition) is 1. The molecule has 1 N–H and O–H groups in total. The maximum atomic E-state index is 11.8. The zero-order valence-corrected chi connectivity index (χ0v) is 11.9. The number of hydrogen-bond acceptors (Lipinski definition) is 3. The van der Waals surface area contributed by atoms with Crippen molar-refractivity contribution in [2.45, 2.75) is 13.3 Å². The Bertz CT molecular complexity index is 865. The van der Waals surface area contributed by atoms with Crippen LogP contribution in [0.4, 0.5) is 5.69 Å². The quantitative estimate of drug-likeness (QED) is 0.796. The van der Waals surface area contributed by atoms with E-state index < -0.39 is 10.0 Å². The standard InChI is InChI=1S/C15H15NO3S/c1-2-9-20(17,18)16-11-7-8-15-13(10-11)12-5-3-4-6-14(12)19-15/h3-8,10,16H,2,9H2,1H3. The average molecular weight is 289 g/mol. The number of nitrogens with one attached hydrogen (secondary N) is 1. The molecule has 20 heavy (non-hydrogen) atoms. The molecule has 104 valence electrons. The van der Waals surface area contributed by atoms with Gasteiger partial charge in [0.05, 0.1) is 5.75 Å². The predicted molar refractivity (Wildman–Crippen MR) is 81.4 cm³/mol. The molecule has 0 saturated carbocycles. The molecule has 0 fully saturated rings. The van der Waals surface area contributed by atoms with Gasteiger partial charge in [0.2, 0.25) is 10.0 Å². The SMILES string of the molecule is CCCS(=O)(=O)Nc1ccc2oc3ccccc3c2c1. The molecule has 0 radical (unpaired) electrons. The summed E-state index contributed by atoms with van der Waals surface area (Å²) in [5, 5.41) is 1.90. The number of rotatable bonds is 4. The highest BCUT2D eigenvalue weighted by Crippen LogP contribution is 2.30. The van der Waals surface area contributed by atoms with Crippen LogP contribution in [0.1, 0.15) is 13.3 Å². The van der Waals surface area contributed by atoms with Crippen LogP contribution in [-0.2, 0) is 10.0 Å². The third-order valence-corrected chi connectivity index (χ3v) is 4.62. The summed E-state index contributed by atoms with van der Waals surface area (Å²) in [4.78, 5) is 0. The van der Waals surface area contributed by atoms with Gasteiger partial charge in [-0.2, -0.15) is 0 Å². The molecular weight excluding hydrogens is 274 g/mol. The van der Waals surface area contributed by atoms with Gasteiger partial charge < -0.3 is 4.42 Å². The van der Waals surface area contributed by atoms with Crippen LogP contribution < -0.4 is 4.72 Å². The Balaban J connectivity index is 2.08. The molecule has 4 nitrogen and oxygen atoms in total. The highest BCUT2D eigenvalue weighted by atomic mass is 32.2. The minimum atomic E-state index is -3.27. The van der Waals surface area contributed by atoms with E-state index in [-0.39, 0.29) is 5.75 Å². The number of furan rings is 1. The fraction of sp³-hybridized carbons (Fsp3) is 0.200. The summed E-state index contributed by atoms with van der Waals surface area (Å²) in [5.74, 6) is 0.122. The zero-order valence-electron chi connectivity index (χ0n) is 11.1. The van der Waals surface area contributed by atoms with Gasteiger partial charge in [-0.15, -0.1) is 0 Å². The molecule has 3 rings (SSSR count). The van der Waals surface area contributed by atoms with Gasteiger partial charge in [0, 0.05) is 16.5 Å². The molecule has 1 aromatic heterocycles. The lowest BCUT2D eigenvalue weighted by Crippen LogP contribution is -2.15. The number of anilines is 1.